The first kappa shape index (κ1) is 13.1. The third-order valence-corrected chi connectivity index (χ3v) is 4.79. The van der Waals surface area contributed by atoms with Crippen molar-refractivity contribution in [3.63, 3.8) is 0 Å². The fourth-order valence-corrected chi connectivity index (χ4v) is 3.30. The third kappa shape index (κ3) is 3.11. The molecule has 1 heterocycles. The zero-order valence-electron chi connectivity index (χ0n) is 10.8. The number of hydrogen-bond donors (Lipinski definition) is 1. The van der Waals surface area contributed by atoms with Crippen LogP contribution >= 0.6 is 15.9 Å². The molecule has 2 rings (SSSR count). The van der Waals surface area contributed by atoms with Gasteiger partial charge in [0.05, 0.1) is 0 Å². The van der Waals surface area contributed by atoms with Crippen molar-refractivity contribution in [2.45, 2.75) is 33.1 Å². The van der Waals surface area contributed by atoms with Gasteiger partial charge >= 0.3 is 0 Å². The van der Waals surface area contributed by atoms with Gasteiger partial charge < -0.3 is 5.32 Å². The standard InChI is InChI=1S/C15H22BrN/c1-3-13-11-17-9-8-15(13,2)10-12-4-6-14(16)7-5-12/h4-7,13,17H,3,8-11H2,1-2H3. The van der Waals surface area contributed by atoms with Gasteiger partial charge in [-0.25, -0.2) is 0 Å². The van der Waals surface area contributed by atoms with E-state index in [1.807, 2.05) is 0 Å². The molecule has 1 saturated heterocycles. The van der Waals surface area contributed by atoms with Crippen molar-refractivity contribution in [3.05, 3.63) is 34.3 Å². The molecule has 1 aromatic carbocycles. The number of hydrogen-bond acceptors (Lipinski definition) is 1. The average molecular weight is 296 g/mol. The average Bonchev–Trinajstić information content (AvgIpc) is 2.32. The summed E-state index contributed by atoms with van der Waals surface area (Å²) < 4.78 is 1.17. The monoisotopic (exact) mass is 295 g/mol. The van der Waals surface area contributed by atoms with Crippen LogP contribution in [-0.4, -0.2) is 13.1 Å². The van der Waals surface area contributed by atoms with Crippen molar-refractivity contribution >= 4 is 15.9 Å². The first-order valence-corrected chi connectivity index (χ1v) is 7.38. The molecule has 1 fully saturated rings. The van der Waals surface area contributed by atoms with Crippen molar-refractivity contribution in [1.82, 2.24) is 5.32 Å². The van der Waals surface area contributed by atoms with Crippen LogP contribution in [0.1, 0.15) is 32.3 Å². The second-order valence-electron chi connectivity index (χ2n) is 5.52. The fraction of sp³-hybridized carbons (Fsp3) is 0.600. The molecule has 0 amide bonds. The molecule has 2 heteroatoms. The largest absolute Gasteiger partial charge is 0.316 e. The predicted molar refractivity (Wildman–Crippen MR) is 77.2 cm³/mol. The van der Waals surface area contributed by atoms with Crippen LogP contribution in [0.3, 0.4) is 0 Å². The summed E-state index contributed by atoms with van der Waals surface area (Å²) in [5.74, 6) is 0.805. The molecule has 0 bridgehead atoms. The highest BCUT2D eigenvalue weighted by Gasteiger charge is 2.35. The molecule has 2 unspecified atom stereocenters. The maximum Gasteiger partial charge on any atom is 0.0175 e. The Labute approximate surface area is 113 Å². The number of benzene rings is 1. The SMILES string of the molecule is CCC1CNCCC1(C)Cc1ccc(Br)cc1. The summed E-state index contributed by atoms with van der Waals surface area (Å²) in [5, 5.41) is 3.53. The van der Waals surface area contributed by atoms with Crippen molar-refractivity contribution < 1.29 is 0 Å². The van der Waals surface area contributed by atoms with E-state index in [0.29, 0.717) is 5.41 Å². The minimum atomic E-state index is 0.466. The van der Waals surface area contributed by atoms with Crippen LogP contribution in [0.2, 0.25) is 0 Å². The van der Waals surface area contributed by atoms with Crippen molar-refractivity contribution in [2.75, 3.05) is 13.1 Å². The topological polar surface area (TPSA) is 12.0 Å². The van der Waals surface area contributed by atoms with Crippen LogP contribution in [0.4, 0.5) is 0 Å². The van der Waals surface area contributed by atoms with Gasteiger partial charge in [-0.05, 0) is 55.0 Å². The van der Waals surface area contributed by atoms with E-state index >= 15 is 0 Å². The van der Waals surface area contributed by atoms with Gasteiger partial charge in [-0.1, -0.05) is 48.3 Å². The van der Waals surface area contributed by atoms with E-state index in [-0.39, 0.29) is 0 Å². The quantitative estimate of drug-likeness (QED) is 0.888. The summed E-state index contributed by atoms with van der Waals surface area (Å²) in [6.07, 6.45) is 3.78. The Kier molecular flexibility index (Phi) is 4.26. The van der Waals surface area contributed by atoms with Crippen LogP contribution in [0, 0.1) is 11.3 Å². The van der Waals surface area contributed by atoms with E-state index in [0.717, 1.165) is 5.92 Å². The summed E-state index contributed by atoms with van der Waals surface area (Å²) in [5.41, 5.74) is 1.93. The summed E-state index contributed by atoms with van der Waals surface area (Å²) in [6, 6.07) is 8.82. The lowest BCUT2D eigenvalue weighted by molar-refractivity contribution is 0.126. The normalized spacial score (nSPS) is 29.2. The highest BCUT2D eigenvalue weighted by Crippen LogP contribution is 2.38. The van der Waals surface area contributed by atoms with Gasteiger partial charge in [0.15, 0.2) is 0 Å². The van der Waals surface area contributed by atoms with Crippen LogP contribution < -0.4 is 5.32 Å². The molecule has 17 heavy (non-hydrogen) atoms. The summed E-state index contributed by atoms with van der Waals surface area (Å²) in [7, 11) is 0. The number of piperidine rings is 1. The summed E-state index contributed by atoms with van der Waals surface area (Å²) in [4.78, 5) is 0. The van der Waals surface area contributed by atoms with Gasteiger partial charge in [-0.2, -0.15) is 0 Å². The summed E-state index contributed by atoms with van der Waals surface area (Å²) >= 11 is 3.50. The van der Waals surface area contributed by atoms with Crippen molar-refractivity contribution in [2.24, 2.45) is 11.3 Å². The van der Waals surface area contributed by atoms with E-state index in [9.17, 15) is 0 Å². The number of nitrogens with one attached hydrogen (secondary N) is 1. The van der Waals surface area contributed by atoms with E-state index < -0.39 is 0 Å². The number of halogens is 1. The van der Waals surface area contributed by atoms with Crippen LogP contribution in [0.5, 0.6) is 0 Å². The second kappa shape index (κ2) is 5.53. The first-order chi connectivity index (χ1) is 8.14. The third-order valence-electron chi connectivity index (χ3n) is 4.26. The molecule has 1 nitrogen and oxygen atoms in total. The van der Waals surface area contributed by atoms with Gasteiger partial charge in [-0.15, -0.1) is 0 Å². The predicted octanol–water partition coefficient (Wildman–Crippen LogP) is 4.02. The lowest BCUT2D eigenvalue weighted by atomic mass is 9.68. The first-order valence-electron chi connectivity index (χ1n) is 6.59. The van der Waals surface area contributed by atoms with Gasteiger partial charge in [0.25, 0.3) is 0 Å². The van der Waals surface area contributed by atoms with Gasteiger partial charge in [0, 0.05) is 4.47 Å². The highest BCUT2D eigenvalue weighted by molar-refractivity contribution is 9.10. The smallest absolute Gasteiger partial charge is 0.0175 e. The number of rotatable bonds is 3. The maximum absolute atomic E-state index is 3.53. The Morgan fingerprint density at radius 3 is 2.71 bits per heavy atom. The van der Waals surface area contributed by atoms with Crippen LogP contribution in [0.15, 0.2) is 28.7 Å². The molecule has 1 aliphatic rings. The van der Waals surface area contributed by atoms with E-state index in [4.69, 9.17) is 0 Å². The second-order valence-corrected chi connectivity index (χ2v) is 6.43. The lowest BCUT2D eigenvalue weighted by Crippen LogP contribution is -2.44. The minimum absolute atomic E-state index is 0.466. The maximum atomic E-state index is 3.53. The van der Waals surface area contributed by atoms with Gasteiger partial charge in [-0.3, -0.25) is 0 Å². The lowest BCUT2D eigenvalue weighted by Gasteiger charge is -2.42. The zero-order chi connectivity index (χ0) is 12.3. The molecular formula is C15H22BrN. The Hall–Kier alpha value is -0.340. The zero-order valence-corrected chi connectivity index (χ0v) is 12.4. The molecule has 0 radical (unpaired) electrons. The molecule has 0 spiro atoms. The molecule has 94 valence electrons. The minimum Gasteiger partial charge on any atom is -0.316 e. The fourth-order valence-electron chi connectivity index (χ4n) is 3.04. The van der Waals surface area contributed by atoms with Crippen molar-refractivity contribution in [3.8, 4) is 0 Å². The Bertz CT molecular complexity index is 360. The van der Waals surface area contributed by atoms with Crippen LogP contribution in [0.25, 0.3) is 0 Å². The molecule has 1 aromatic rings. The van der Waals surface area contributed by atoms with Gasteiger partial charge in [0.2, 0.25) is 0 Å². The molecule has 0 saturated carbocycles. The molecule has 0 aromatic heterocycles. The van der Waals surface area contributed by atoms with Crippen LogP contribution in [-0.2, 0) is 6.42 Å². The van der Waals surface area contributed by atoms with E-state index in [1.54, 1.807) is 0 Å². The molecule has 2 atom stereocenters. The van der Waals surface area contributed by atoms with Crippen molar-refractivity contribution in [1.29, 1.82) is 0 Å². The molecule has 1 aliphatic heterocycles. The molecular weight excluding hydrogens is 274 g/mol. The highest BCUT2D eigenvalue weighted by atomic mass is 79.9. The Morgan fingerprint density at radius 1 is 1.35 bits per heavy atom. The summed E-state index contributed by atoms with van der Waals surface area (Å²) in [6.45, 7) is 7.13. The Morgan fingerprint density at radius 2 is 2.06 bits per heavy atom. The molecule has 1 N–H and O–H groups in total. The Balaban J connectivity index is 2.11. The molecule has 0 aliphatic carbocycles. The van der Waals surface area contributed by atoms with E-state index in [1.165, 1.54) is 42.4 Å². The van der Waals surface area contributed by atoms with E-state index in [2.05, 4.69) is 59.4 Å². The van der Waals surface area contributed by atoms with Gasteiger partial charge in [0.1, 0.15) is 0 Å².